The first-order valence-electron chi connectivity index (χ1n) is 5.83. The highest BCUT2D eigenvalue weighted by Crippen LogP contribution is 2.26. The van der Waals surface area contributed by atoms with Gasteiger partial charge in [0.25, 0.3) is 0 Å². The number of benzene rings is 1. The van der Waals surface area contributed by atoms with E-state index in [0.717, 1.165) is 18.7 Å². The fourth-order valence-electron chi connectivity index (χ4n) is 2.23. The van der Waals surface area contributed by atoms with Crippen LogP contribution in [0.25, 0.3) is 0 Å². The third kappa shape index (κ3) is 2.36. The Morgan fingerprint density at radius 2 is 2.00 bits per heavy atom. The Bertz CT molecular complexity index is 336. The van der Waals surface area contributed by atoms with E-state index in [9.17, 15) is 0 Å². The molecule has 0 aromatic heterocycles. The smallest absolute Gasteiger partial charge is 0.118 e. The minimum Gasteiger partial charge on any atom is -0.497 e. The Morgan fingerprint density at radius 3 is 2.56 bits per heavy atom. The summed E-state index contributed by atoms with van der Waals surface area (Å²) in [6.07, 6.45) is 1.06. The fraction of sp³-hybridized carbons (Fsp3) is 0.538. The molecule has 1 aliphatic heterocycles. The molecule has 88 valence electrons. The molecule has 16 heavy (non-hydrogen) atoms. The molecule has 3 atom stereocenters. The summed E-state index contributed by atoms with van der Waals surface area (Å²) >= 11 is 0. The maximum atomic E-state index is 6.07. The van der Waals surface area contributed by atoms with Crippen LogP contribution in [-0.2, 0) is 0 Å². The lowest BCUT2D eigenvalue weighted by molar-refractivity contribution is 0.337. The number of methoxy groups -OCH3 is 1. The van der Waals surface area contributed by atoms with Crippen molar-refractivity contribution in [3.05, 3.63) is 29.8 Å². The Morgan fingerprint density at radius 1 is 1.31 bits per heavy atom. The minimum absolute atomic E-state index is 0.251. The fourth-order valence-corrected chi connectivity index (χ4v) is 2.23. The van der Waals surface area contributed by atoms with Crippen molar-refractivity contribution in [2.24, 2.45) is 5.73 Å². The second-order valence-electron chi connectivity index (χ2n) is 4.57. The normalized spacial score (nSPS) is 30.1. The van der Waals surface area contributed by atoms with Gasteiger partial charge in [0.05, 0.1) is 7.11 Å². The van der Waals surface area contributed by atoms with Crippen LogP contribution >= 0.6 is 0 Å². The predicted molar refractivity (Wildman–Crippen MR) is 65.8 cm³/mol. The molecule has 0 radical (unpaired) electrons. The topological polar surface area (TPSA) is 47.3 Å². The monoisotopic (exact) mass is 220 g/mol. The molecular formula is C13H20N2O. The summed E-state index contributed by atoms with van der Waals surface area (Å²) in [5, 5.41) is 3.45. The lowest BCUT2D eigenvalue weighted by atomic mass is 9.86. The van der Waals surface area contributed by atoms with Gasteiger partial charge in [0.2, 0.25) is 0 Å². The number of hydrogen-bond acceptors (Lipinski definition) is 3. The summed E-state index contributed by atoms with van der Waals surface area (Å²) < 4.78 is 5.15. The van der Waals surface area contributed by atoms with Crippen molar-refractivity contribution in [2.45, 2.75) is 31.3 Å². The van der Waals surface area contributed by atoms with Crippen molar-refractivity contribution in [3.63, 3.8) is 0 Å². The zero-order valence-corrected chi connectivity index (χ0v) is 9.94. The molecular weight excluding hydrogens is 200 g/mol. The first-order valence-corrected chi connectivity index (χ1v) is 5.83. The standard InChI is InChI=1S/C13H20N2O/c1-9-13(14)7-11(8-15-9)10-3-5-12(16-2)6-4-10/h3-6,9,11,13,15H,7-8,14H2,1-2H3. The number of nitrogens with two attached hydrogens (primary N) is 1. The van der Waals surface area contributed by atoms with E-state index in [1.165, 1.54) is 5.56 Å². The SMILES string of the molecule is COc1ccc(C2CNC(C)C(N)C2)cc1. The molecule has 2 rings (SSSR count). The molecule has 1 heterocycles. The number of rotatable bonds is 2. The molecule has 0 aliphatic carbocycles. The van der Waals surface area contributed by atoms with Gasteiger partial charge in [-0.2, -0.15) is 0 Å². The van der Waals surface area contributed by atoms with Crippen LogP contribution < -0.4 is 15.8 Å². The van der Waals surface area contributed by atoms with E-state index >= 15 is 0 Å². The van der Waals surface area contributed by atoms with E-state index in [0.29, 0.717) is 12.0 Å². The van der Waals surface area contributed by atoms with Gasteiger partial charge >= 0.3 is 0 Å². The Labute approximate surface area is 97.0 Å². The average Bonchev–Trinajstić information content (AvgIpc) is 2.33. The van der Waals surface area contributed by atoms with E-state index in [-0.39, 0.29) is 6.04 Å². The second kappa shape index (κ2) is 4.85. The quantitative estimate of drug-likeness (QED) is 0.794. The molecule has 0 saturated carbocycles. The van der Waals surface area contributed by atoms with Gasteiger partial charge in [-0.1, -0.05) is 12.1 Å². The van der Waals surface area contributed by atoms with Gasteiger partial charge in [-0.05, 0) is 37.0 Å². The molecule has 0 amide bonds. The van der Waals surface area contributed by atoms with Crippen molar-refractivity contribution in [2.75, 3.05) is 13.7 Å². The van der Waals surface area contributed by atoms with Gasteiger partial charge in [-0.25, -0.2) is 0 Å². The first kappa shape index (κ1) is 11.4. The van der Waals surface area contributed by atoms with Crippen molar-refractivity contribution >= 4 is 0 Å². The number of hydrogen-bond donors (Lipinski definition) is 2. The highest BCUT2D eigenvalue weighted by atomic mass is 16.5. The number of piperidine rings is 1. The molecule has 3 heteroatoms. The Kier molecular flexibility index (Phi) is 3.46. The van der Waals surface area contributed by atoms with E-state index in [1.54, 1.807) is 7.11 Å². The highest BCUT2D eigenvalue weighted by molar-refractivity contribution is 5.30. The molecule has 1 aromatic carbocycles. The molecule has 1 saturated heterocycles. The number of ether oxygens (including phenoxy) is 1. The summed E-state index contributed by atoms with van der Waals surface area (Å²) in [5.41, 5.74) is 7.42. The summed E-state index contributed by atoms with van der Waals surface area (Å²) in [6.45, 7) is 3.16. The minimum atomic E-state index is 0.251. The van der Waals surface area contributed by atoms with Gasteiger partial charge in [0.15, 0.2) is 0 Å². The maximum absolute atomic E-state index is 6.07. The largest absolute Gasteiger partial charge is 0.497 e. The van der Waals surface area contributed by atoms with Gasteiger partial charge in [0.1, 0.15) is 5.75 Å². The summed E-state index contributed by atoms with van der Waals surface area (Å²) in [5.74, 6) is 1.43. The van der Waals surface area contributed by atoms with Crippen LogP contribution in [0.15, 0.2) is 24.3 Å². The van der Waals surface area contributed by atoms with Crippen LogP contribution in [0, 0.1) is 0 Å². The molecule has 0 spiro atoms. The van der Waals surface area contributed by atoms with E-state index < -0.39 is 0 Å². The van der Waals surface area contributed by atoms with Gasteiger partial charge in [-0.15, -0.1) is 0 Å². The van der Waals surface area contributed by atoms with Gasteiger partial charge in [0, 0.05) is 18.6 Å². The van der Waals surface area contributed by atoms with Crippen molar-refractivity contribution in [1.82, 2.24) is 5.32 Å². The predicted octanol–water partition coefficient (Wildman–Crippen LogP) is 1.49. The summed E-state index contributed by atoms with van der Waals surface area (Å²) in [7, 11) is 1.69. The molecule has 0 bridgehead atoms. The second-order valence-corrected chi connectivity index (χ2v) is 4.57. The summed E-state index contributed by atoms with van der Waals surface area (Å²) in [6, 6.07) is 8.97. The van der Waals surface area contributed by atoms with Crippen molar-refractivity contribution < 1.29 is 4.74 Å². The zero-order valence-electron chi connectivity index (χ0n) is 9.94. The molecule has 3 nitrogen and oxygen atoms in total. The average molecular weight is 220 g/mol. The zero-order chi connectivity index (χ0) is 11.5. The van der Waals surface area contributed by atoms with Gasteiger partial charge < -0.3 is 15.8 Å². The third-order valence-electron chi connectivity index (χ3n) is 3.47. The van der Waals surface area contributed by atoms with Crippen LogP contribution in [0.2, 0.25) is 0 Å². The van der Waals surface area contributed by atoms with Crippen LogP contribution in [0.1, 0.15) is 24.8 Å². The van der Waals surface area contributed by atoms with Crippen molar-refractivity contribution in [1.29, 1.82) is 0 Å². The van der Waals surface area contributed by atoms with Crippen LogP contribution in [0.5, 0.6) is 5.75 Å². The first-order chi connectivity index (χ1) is 7.70. The molecule has 1 fully saturated rings. The summed E-state index contributed by atoms with van der Waals surface area (Å²) in [4.78, 5) is 0. The van der Waals surface area contributed by atoms with Crippen LogP contribution in [-0.4, -0.2) is 25.7 Å². The Hall–Kier alpha value is -1.06. The van der Waals surface area contributed by atoms with Crippen molar-refractivity contribution in [3.8, 4) is 5.75 Å². The lowest BCUT2D eigenvalue weighted by Crippen LogP contribution is -2.50. The van der Waals surface area contributed by atoms with Gasteiger partial charge in [-0.3, -0.25) is 0 Å². The molecule has 3 N–H and O–H groups in total. The third-order valence-corrected chi connectivity index (χ3v) is 3.47. The lowest BCUT2D eigenvalue weighted by Gasteiger charge is -2.33. The highest BCUT2D eigenvalue weighted by Gasteiger charge is 2.25. The maximum Gasteiger partial charge on any atom is 0.118 e. The molecule has 1 aliphatic rings. The van der Waals surface area contributed by atoms with Crippen LogP contribution in [0.3, 0.4) is 0 Å². The number of nitrogens with one attached hydrogen (secondary N) is 1. The van der Waals surface area contributed by atoms with E-state index in [4.69, 9.17) is 10.5 Å². The Balaban J connectivity index is 2.06. The van der Waals surface area contributed by atoms with Crippen LogP contribution in [0.4, 0.5) is 0 Å². The van der Waals surface area contributed by atoms with E-state index in [2.05, 4.69) is 24.4 Å². The molecule has 1 aromatic rings. The molecule has 3 unspecified atom stereocenters. The van der Waals surface area contributed by atoms with E-state index in [1.807, 2.05) is 12.1 Å².